The van der Waals surface area contributed by atoms with Crippen LogP contribution in [0.25, 0.3) is 11.2 Å². The average molecular weight is 285 g/mol. The normalized spacial score (nSPS) is 20.7. The number of halogens is 1. The molecule has 2 aromatic heterocycles. The molecule has 0 spiro atoms. The molecule has 0 aromatic carbocycles. The number of nitrogens with zero attached hydrogens (tertiary/aromatic N) is 4. The van der Waals surface area contributed by atoms with Gasteiger partial charge in [-0.15, -0.1) is 11.6 Å². The minimum absolute atomic E-state index is 0.468. The standard InChI is InChI=1S/C12H17ClN4S/c1-8-11-12(16(2)15-8)17(10(6-13)14-11)9-4-3-5-18-7-9/h9H,3-7H2,1-2H3. The van der Waals surface area contributed by atoms with E-state index in [1.54, 1.807) is 0 Å². The first-order chi connectivity index (χ1) is 8.72. The number of hydrogen-bond donors (Lipinski definition) is 0. The van der Waals surface area contributed by atoms with Crippen LogP contribution >= 0.6 is 23.4 Å². The third kappa shape index (κ3) is 1.84. The van der Waals surface area contributed by atoms with Gasteiger partial charge in [0.2, 0.25) is 0 Å². The van der Waals surface area contributed by atoms with Crippen molar-refractivity contribution in [2.24, 2.45) is 7.05 Å². The van der Waals surface area contributed by atoms with Crippen molar-refractivity contribution < 1.29 is 0 Å². The molecule has 3 rings (SSSR count). The summed E-state index contributed by atoms with van der Waals surface area (Å²) in [6.45, 7) is 2.01. The Morgan fingerprint density at radius 1 is 1.50 bits per heavy atom. The summed E-state index contributed by atoms with van der Waals surface area (Å²) in [4.78, 5) is 4.67. The van der Waals surface area contributed by atoms with Crippen molar-refractivity contribution in [3.63, 3.8) is 0 Å². The Hall–Kier alpha value is -0.680. The first kappa shape index (κ1) is 12.4. The molecular weight excluding hydrogens is 268 g/mol. The van der Waals surface area contributed by atoms with E-state index < -0.39 is 0 Å². The second-order valence-corrected chi connectivity index (χ2v) is 6.20. The lowest BCUT2D eigenvalue weighted by molar-refractivity contribution is 0.490. The number of alkyl halides is 1. The number of rotatable bonds is 2. The van der Waals surface area contributed by atoms with Gasteiger partial charge in [-0.1, -0.05) is 0 Å². The molecule has 18 heavy (non-hydrogen) atoms. The van der Waals surface area contributed by atoms with Gasteiger partial charge in [-0.05, 0) is 25.5 Å². The second kappa shape index (κ2) is 4.78. The van der Waals surface area contributed by atoms with E-state index in [2.05, 4.69) is 14.6 Å². The van der Waals surface area contributed by atoms with Gasteiger partial charge in [-0.2, -0.15) is 16.9 Å². The summed E-state index contributed by atoms with van der Waals surface area (Å²) in [6.07, 6.45) is 2.49. The van der Waals surface area contributed by atoms with E-state index in [1.807, 2.05) is 30.4 Å². The van der Waals surface area contributed by atoms with Gasteiger partial charge >= 0.3 is 0 Å². The number of fused-ring (bicyclic) bond motifs is 1. The lowest BCUT2D eigenvalue weighted by Gasteiger charge is -2.24. The number of aryl methyl sites for hydroxylation is 2. The largest absolute Gasteiger partial charge is 0.308 e. The molecule has 1 unspecified atom stereocenters. The molecule has 6 heteroatoms. The monoisotopic (exact) mass is 284 g/mol. The van der Waals surface area contributed by atoms with E-state index in [1.165, 1.54) is 18.6 Å². The molecule has 3 heterocycles. The first-order valence-electron chi connectivity index (χ1n) is 6.26. The van der Waals surface area contributed by atoms with Gasteiger partial charge in [0.15, 0.2) is 5.65 Å². The Bertz CT molecular complexity index is 568. The topological polar surface area (TPSA) is 35.6 Å². The van der Waals surface area contributed by atoms with Gasteiger partial charge in [-0.3, -0.25) is 4.68 Å². The summed E-state index contributed by atoms with van der Waals surface area (Å²) < 4.78 is 4.25. The molecule has 0 N–H and O–H groups in total. The lowest BCUT2D eigenvalue weighted by Crippen LogP contribution is -2.19. The van der Waals surface area contributed by atoms with Crippen LogP contribution in [0.2, 0.25) is 0 Å². The second-order valence-electron chi connectivity index (χ2n) is 4.78. The molecule has 98 valence electrons. The highest BCUT2D eigenvalue weighted by Crippen LogP contribution is 2.32. The highest BCUT2D eigenvalue weighted by atomic mass is 35.5. The van der Waals surface area contributed by atoms with E-state index >= 15 is 0 Å². The van der Waals surface area contributed by atoms with E-state index in [0.29, 0.717) is 11.9 Å². The van der Waals surface area contributed by atoms with Crippen molar-refractivity contribution in [2.75, 3.05) is 11.5 Å². The molecule has 1 aliphatic rings. The van der Waals surface area contributed by atoms with Gasteiger partial charge in [-0.25, -0.2) is 4.98 Å². The molecule has 1 saturated heterocycles. The Morgan fingerprint density at radius 3 is 3.00 bits per heavy atom. The highest BCUT2D eigenvalue weighted by molar-refractivity contribution is 7.99. The predicted molar refractivity (Wildman–Crippen MR) is 76.4 cm³/mol. The smallest absolute Gasteiger partial charge is 0.158 e. The Kier molecular flexibility index (Phi) is 3.28. The van der Waals surface area contributed by atoms with Crippen LogP contribution in [0, 0.1) is 6.92 Å². The summed E-state index contributed by atoms with van der Waals surface area (Å²) in [5, 5.41) is 4.46. The molecule has 1 fully saturated rings. The maximum Gasteiger partial charge on any atom is 0.158 e. The molecule has 2 aromatic rings. The number of aromatic nitrogens is 4. The van der Waals surface area contributed by atoms with Crippen LogP contribution in [0.15, 0.2) is 0 Å². The van der Waals surface area contributed by atoms with E-state index in [9.17, 15) is 0 Å². The van der Waals surface area contributed by atoms with Crippen molar-refractivity contribution in [2.45, 2.75) is 31.7 Å². The minimum atomic E-state index is 0.468. The lowest BCUT2D eigenvalue weighted by atomic mass is 10.2. The SMILES string of the molecule is Cc1nn(C)c2c1nc(CCl)n2C1CCCSC1. The van der Waals surface area contributed by atoms with Gasteiger partial charge in [0.05, 0.1) is 11.6 Å². The van der Waals surface area contributed by atoms with Gasteiger partial charge in [0.25, 0.3) is 0 Å². The summed E-state index contributed by atoms with van der Waals surface area (Å²) in [5.41, 5.74) is 3.11. The number of hydrogen-bond acceptors (Lipinski definition) is 3. The summed E-state index contributed by atoms with van der Waals surface area (Å²) in [7, 11) is 1.99. The van der Waals surface area contributed by atoms with Gasteiger partial charge in [0.1, 0.15) is 11.3 Å². The summed E-state index contributed by atoms with van der Waals surface area (Å²) in [6, 6.07) is 0.511. The fourth-order valence-corrected chi connectivity index (χ4v) is 4.06. The zero-order valence-corrected chi connectivity index (χ0v) is 12.3. The van der Waals surface area contributed by atoms with Crippen molar-refractivity contribution in [1.82, 2.24) is 19.3 Å². The van der Waals surface area contributed by atoms with Crippen molar-refractivity contribution in [1.29, 1.82) is 0 Å². The summed E-state index contributed by atoms with van der Waals surface area (Å²) in [5.74, 6) is 3.87. The number of imidazole rings is 1. The van der Waals surface area contributed by atoms with Crippen molar-refractivity contribution in [3.8, 4) is 0 Å². The van der Waals surface area contributed by atoms with Gasteiger partial charge in [0, 0.05) is 18.8 Å². The molecule has 1 atom stereocenters. The fraction of sp³-hybridized carbons (Fsp3) is 0.667. The highest BCUT2D eigenvalue weighted by Gasteiger charge is 2.24. The molecule has 0 bridgehead atoms. The van der Waals surface area contributed by atoms with Crippen LogP contribution in [0.5, 0.6) is 0 Å². The van der Waals surface area contributed by atoms with E-state index in [4.69, 9.17) is 11.6 Å². The molecule has 0 radical (unpaired) electrons. The van der Waals surface area contributed by atoms with Crippen LogP contribution in [0.3, 0.4) is 0 Å². The summed E-state index contributed by atoms with van der Waals surface area (Å²) >= 11 is 8.08. The average Bonchev–Trinajstić information content (AvgIpc) is 2.90. The Labute approximate surface area is 116 Å². The molecule has 1 aliphatic heterocycles. The first-order valence-corrected chi connectivity index (χ1v) is 7.95. The van der Waals surface area contributed by atoms with E-state index in [-0.39, 0.29) is 0 Å². The maximum atomic E-state index is 6.06. The Morgan fingerprint density at radius 2 is 2.33 bits per heavy atom. The molecule has 0 saturated carbocycles. The molecule has 0 aliphatic carbocycles. The van der Waals surface area contributed by atoms with Crippen LogP contribution in [-0.2, 0) is 12.9 Å². The zero-order chi connectivity index (χ0) is 12.7. The maximum absolute atomic E-state index is 6.06. The third-order valence-electron chi connectivity index (χ3n) is 3.53. The van der Waals surface area contributed by atoms with Gasteiger partial charge < -0.3 is 4.57 Å². The van der Waals surface area contributed by atoms with Crippen molar-refractivity contribution >= 4 is 34.5 Å². The zero-order valence-electron chi connectivity index (χ0n) is 10.7. The molecular formula is C12H17ClN4S. The molecule has 4 nitrogen and oxygen atoms in total. The van der Waals surface area contributed by atoms with Crippen LogP contribution in [-0.4, -0.2) is 30.8 Å². The molecule has 0 amide bonds. The minimum Gasteiger partial charge on any atom is -0.308 e. The Balaban J connectivity index is 2.17. The fourth-order valence-electron chi connectivity index (χ4n) is 2.75. The van der Waals surface area contributed by atoms with E-state index in [0.717, 1.165) is 28.4 Å². The van der Waals surface area contributed by atoms with Crippen molar-refractivity contribution in [3.05, 3.63) is 11.5 Å². The quantitative estimate of drug-likeness (QED) is 0.796. The third-order valence-corrected chi connectivity index (χ3v) is 4.97. The number of thioether (sulfide) groups is 1. The predicted octanol–water partition coefficient (Wildman–Crippen LogP) is 2.89. The van der Waals surface area contributed by atoms with Crippen LogP contribution in [0.4, 0.5) is 0 Å². The van der Waals surface area contributed by atoms with Crippen LogP contribution < -0.4 is 0 Å². The van der Waals surface area contributed by atoms with Crippen LogP contribution in [0.1, 0.15) is 30.4 Å².